The van der Waals surface area contributed by atoms with Gasteiger partial charge in [0.1, 0.15) is 0 Å². The maximum absolute atomic E-state index is 6.20. The van der Waals surface area contributed by atoms with Crippen LogP contribution < -0.4 is 11.1 Å². The molecule has 1 fully saturated rings. The molecule has 6 heteroatoms. The van der Waals surface area contributed by atoms with Gasteiger partial charge in [-0.2, -0.15) is 0 Å². The van der Waals surface area contributed by atoms with E-state index in [1.165, 1.54) is 12.8 Å². The second kappa shape index (κ2) is 7.34. The van der Waals surface area contributed by atoms with Crippen LogP contribution in [0, 0.1) is 0 Å². The Balaban J connectivity index is 1.93. The van der Waals surface area contributed by atoms with Gasteiger partial charge >= 0.3 is 0 Å². The van der Waals surface area contributed by atoms with Gasteiger partial charge in [0, 0.05) is 16.1 Å². The first-order chi connectivity index (χ1) is 9.97. The molecule has 0 aliphatic carbocycles. The predicted octanol–water partition coefficient (Wildman–Crippen LogP) is 3.05. The number of rotatable bonds is 4. The number of hydrogen-bond donors (Lipinski definition) is 2. The molecule has 1 aliphatic heterocycles. The molecule has 116 valence electrons. The second-order valence-electron chi connectivity index (χ2n) is 5.53. The van der Waals surface area contributed by atoms with Gasteiger partial charge in [-0.15, -0.1) is 0 Å². The quantitative estimate of drug-likeness (QED) is 0.659. The number of likely N-dealkylation sites (N-methyl/N-ethyl adjacent to an activating group) is 1. The number of nitrogens with zero attached hydrogens (tertiary/aromatic N) is 2. The van der Waals surface area contributed by atoms with Crippen LogP contribution in [0.1, 0.15) is 31.4 Å². The third-order valence-electron chi connectivity index (χ3n) is 3.94. The highest BCUT2D eigenvalue weighted by Crippen LogP contribution is 2.25. The first kappa shape index (κ1) is 16.4. The number of likely N-dealkylation sites (tertiary alicyclic amines) is 1. The minimum absolute atomic E-state index is 0.0141. The molecular weight excluding hydrogens is 307 g/mol. The van der Waals surface area contributed by atoms with Crippen LogP contribution in [-0.2, 0) is 0 Å². The van der Waals surface area contributed by atoms with E-state index >= 15 is 0 Å². The maximum atomic E-state index is 6.20. The van der Waals surface area contributed by atoms with Crippen molar-refractivity contribution < 1.29 is 0 Å². The molecule has 3 N–H and O–H groups in total. The second-order valence-corrected chi connectivity index (χ2v) is 6.38. The summed E-state index contributed by atoms with van der Waals surface area (Å²) in [5.74, 6) is 0.453. The third kappa shape index (κ3) is 4.50. The van der Waals surface area contributed by atoms with Crippen molar-refractivity contribution in [3.63, 3.8) is 0 Å². The van der Waals surface area contributed by atoms with Gasteiger partial charge in [0.15, 0.2) is 5.96 Å². The maximum Gasteiger partial charge on any atom is 0.189 e. The van der Waals surface area contributed by atoms with Crippen LogP contribution in [0.4, 0.5) is 0 Å². The molecule has 1 aliphatic rings. The summed E-state index contributed by atoms with van der Waals surface area (Å²) in [6.45, 7) is 3.87. The lowest BCUT2D eigenvalue weighted by atomic mass is 10.1. The van der Waals surface area contributed by atoms with Crippen molar-refractivity contribution in [2.75, 3.05) is 20.1 Å². The minimum Gasteiger partial charge on any atom is -0.370 e. The van der Waals surface area contributed by atoms with Crippen molar-refractivity contribution in [1.82, 2.24) is 10.2 Å². The Labute approximate surface area is 136 Å². The summed E-state index contributed by atoms with van der Waals surface area (Å²) in [5.41, 5.74) is 6.92. The molecule has 2 unspecified atom stereocenters. The Bertz CT molecular complexity index is 518. The van der Waals surface area contributed by atoms with Gasteiger partial charge in [0.2, 0.25) is 0 Å². The van der Waals surface area contributed by atoms with Gasteiger partial charge in [-0.05, 0) is 51.1 Å². The number of nitrogens with two attached hydrogens (primary N) is 1. The van der Waals surface area contributed by atoms with Gasteiger partial charge in [-0.3, -0.25) is 4.99 Å². The summed E-state index contributed by atoms with van der Waals surface area (Å²) in [7, 11) is 2.13. The van der Waals surface area contributed by atoms with Crippen molar-refractivity contribution in [3.05, 3.63) is 33.8 Å². The van der Waals surface area contributed by atoms with Crippen LogP contribution in [0.2, 0.25) is 10.0 Å². The number of nitrogens with one attached hydrogen (secondary N) is 1. The topological polar surface area (TPSA) is 53.6 Å². The van der Waals surface area contributed by atoms with Gasteiger partial charge < -0.3 is 16.0 Å². The monoisotopic (exact) mass is 328 g/mol. The lowest BCUT2D eigenvalue weighted by Crippen LogP contribution is -2.36. The van der Waals surface area contributed by atoms with E-state index in [9.17, 15) is 0 Å². The van der Waals surface area contributed by atoms with Crippen LogP contribution in [-0.4, -0.2) is 37.0 Å². The van der Waals surface area contributed by atoms with Crippen LogP contribution in [0.3, 0.4) is 0 Å². The van der Waals surface area contributed by atoms with Crippen molar-refractivity contribution >= 4 is 29.2 Å². The molecule has 0 saturated carbocycles. The van der Waals surface area contributed by atoms with Gasteiger partial charge in [0.05, 0.1) is 12.6 Å². The van der Waals surface area contributed by atoms with Crippen molar-refractivity contribution in [2.24, 2.45) is 10.7 Å². The molecule has 2 atom stereocenters. The molecular formula is C15H22Cl2N4. The van der Waals surface area contributed by atoms with Gasteiger partial charge in [-0.1, -0.05) is 29.3 Å². The summed E-state index contributed by atoms with van der Waals surface area (Å²) >= 11 is 12.1. The zero-order chi connectivity index (χ0) is 15.4. The fraction of sp³-hybridized carbons (Fsp3) is 0.533. The largest absolute Gasteiger partial charge is 0.370 e. The van der Waals surface area contributed by atoms with E-state index in [1.807, 2.05) is 19.1 Å². The summed E-state index contributed by atoms with van der Waals surface area (Å²) in [5, 5.41) is 4.43. The average molecular weight is 329 g/mol. The van der Waals surface area contributed by atoms with Crippen molar-refractivity contribution in [3.8, 4) is 0 Å². The lowest BCUT2D eigenvalue weighted by Gasteiger charge is -2.19. The van der Waals surface area contributed by atoms with E-state index in [2.05, 4.69) is 22.3 Å². The summed E-state index contributed by atoms with van der Waals surface area (Å²) in [6, 6.07) is 5.94. The summed E-state index contributed by atoms with van der Waals surface area (Å²) in [6.07, 6.45) is 2.42. The molecule has 1 aromatic rings. The molecule has 0 aromatic heterocycles. The predicted molar refractivity (Wildman–Crippen MR) is 90.2 cm³/mol. The molecule has 2 rings (SSSR count). The van der Waals surface area contributed by atoms with E-state index in [-0.39, 0.29) is 6.04 Å². The van der Waals surface area contributed by atoms with Crippen LogP contribution >= 0.6 is 23.2 Å². The molecule has 1 saturated heterocycles. The molecule has 0 amide bonds. The Kier molecular flexibility index (Phi) is 5.73. The normalized spacial score (nSPS) is 21.5. The van der Waals surface area contributed by atoms with Crippen molar-refractivity contribution in [1.29, 1.82) is 0 Å². The van der Waals surface area contributed by atoms with E-state index < -0.39 is 0 Å². The Morgan fingerprint density at radius 2 is 2.29 bits per heavy atom. The van der Waals surface area contributed by atoms with E-state index in [0.717, 1.165) is 18.7 Å². The standard InChI is InChI=1S/C15H22Cl2N4/c1-10(13-6-5-11(16)8-14(13)17)20-15(18)19-9-12-4-3-7-21(12)2/h5-6,8,10,12H,3-4,7,9H2,1-2H3,(H3,18,19,20). The van der Waals surface area contributed by atoms with Crippen LogP contribution in [0.15, 0.2) is 23.2 Å². The van der Waals surface area contributed by atoms with Gasteiger partial charge in [0.25, 0.3) is 0 Å². The highest BCUT2D eigenvalue weighted by molar-refractivity contribution is 6.35. The first-order valence-corrected chi connectivity index (χ1v) is 7.94. The average Bonchev–Trinajstić information content (AvgIpc) is 2.81. The molecule has 1 aromatic carbocycles. The van der Waals surface area contributed by atoms with E-state index in [0.29, 0.717) is 22.0 Å². The summed E-state index contributed by atoms with van der Waals surface area (Å²) < 4.78 is 0. The van der Waals surface area contributed by atoms with E-state index in [4.69, 9.17) is 28.9 Å². The number of halogens is 2. The number of guanidine groups is 1. The molecule has 4 nitrogen and oxygen atoms in total. The van der Waals surface area contributed by atoms with Crippen molar-refractivity contribution in [2.45, 2.75) is 31.8 Å². The SMILES string of the molecule is CC(NC(N)=NCC1CCCN1C)c1ccc(Cl)cc1Cl. The Morgan fingerprint density at radius 3 is 2.90 bits per heavy atom. The van der Waals surface area contributed by atoms with Crippen LogP contribution in [0.25, 0.3) is 0 Å². The zero-order valence-electron chi connectivity index (χ0n) is 12.4. The highest BCUT2D eigenvalue weighted by Gasteiger charge is 2.20. The zero-order valence-corrected chi connectivity index (χ0v) is 14.0. The minimum atomic E-state index is -0.0141. The third-order valence-corrected chi connectivity index (χ3v) is 4.50. The Hall–Kier alpha value is -0.970. The number of hydrogen-bond acceptors (Lipinski definition) is 2. The smallest absolute Gasteiger partial charge is 0.189 e. The molecule has 0 spiro atoms. The number of benzene rings is 1. The first-order valence-electron chi connectivity index (χ1n) is 7.19. The molecule has 0 radical (unpaired) electrons. The van der Waals surface area contributed by atoms with Crippen LogP contribution in [0.5, 0.6) is 0 Å². The molecule has 0 bridgehead atoms. The van der Waals surface area contributed by atoms with E-state index in [1.54, 1.807) is 6.07 Å². The molecule has 21 heavy (non-hydrogen) atoms. The van der Waals surface area contributed by atoms with Gasteiger partial charge in [-0.25, -0.2) is 0 Å². The summed E-state index contributed by atoms with van der Waals surface area (Å²) in [4.78, 5) is 6.77. The molecule has 1 heterocycles. The number of aliphatic imine (C=N–C) groups is 1. The fourth-order valence-electron chi connectivity index (χ4n) is 2.61. The fourth-order valence-corrected chi connectivity index (χ4v) is 3.18. The highest BCUT2D eigenvalue weighted by atomic mass is 35.5. The lowest BCUT2D eigenvalue weighted by molar-refractivity contribution is 0.317. The Morgan fingerprint density at radius 1 is 1.52 bits per heavy atom.